The molecule has 0 spiro atoms. The van der Waals surface area contributed by atoms with Gasteiger partial charge in [-0.3, -0.25) is 5.32 Å². The maximum absolute atomic E-state index is 11.6. The van der Waals surface area contributed by atoms with Crippen molar-refractivity contribution in [1.82, 2.24) is 5.32 Å². The molecule has 6 heteroatoms. The molecule has 1 aliphatic heterocycles. The average Bonchev–Trinajstić information content (AvgIpc) is 2.22. The molecule has 0 unspecified atom stereocenters. The lowest BCUT2D eigenvalue weighted by atomic mass is 10.2. The van der Waals surface area contributed by atoms with Crippen molar-refractivity contribution in [2.75, 3.05) is 18.4 Å². The Balaban J connectivity index is 1.96. The van der Waals surface area contributed by atoms with Crippen LogP contribution in [0.1, 0.15) is 20.8 Å². The van der Waals surface area contributed by atoms with E-state index in [2.05, 4.69) is 10.6 Å². The zero-order valence-corrected chi connectivity index (χ0v) is 12.6. The van der Waals surface area contributed by atoms with Crippen LogP contribution >= 0.6 is 11.6 Å². The fourth-order valence-corrected chi connectivity index (χ4v) is 1.85. The Morgan fingerprint density at radius 2 is 2.10 bits per heavy atom. The van der Waals surface area contributed by atoms with Gasteiger partial charge < -0.3 is 14.8 Å². The lowest BCUT2D eigenvalue weighted by molar-refractivity contribution is 0.0636. The molecule has 5 nitrogen and oxygen atoms in total. The molecule has 1 aromatic carbocycles. The highest BCUT2D eigenvalue weighted by atomic mass is 35.5. The van der Waals surface area contributed by atoms with E-state index < -0.39 is 11.7 Å². The summed E-state index contributed by atoms with van der Waals surface area (Å²) >= 11 is 6.13. The van der Waals surface area contributed by atoms with Crippen molar-refractivity contribution in [3.8, 4) is 5.75 Å². The molecule has 1 aliphatic rings. The number of anilines is 1. The maximum atomic E-state index is 11.6. The lowest BCUT2D eigenvalue weighted by Gasteiger charge is -2.28. The summed E-state index contributed by atoms with van der Waals surface area (Å²) in [5.41, 5.74) is 0.0390. The predicted molar refractivity (Wildman–Crippen MR) is 78.6 cm³/mol. The molecule has 20 heavy (non-hydrogen) atoms. The van der Waals surface area contributed by atoms with E-state index in [4.69, 9.17) is 21.1 Å². The second-order valence-corrected chi connectivity index (χ2v) is 6.08. The van der Waals surface area contributed by atoms with Crippen LogP contribution in [0.4, 0.5) is 10.5 Å². The minimum Gasteiger partial charge on any atom is -0.486 e. The first-order chi connectivity index (χ1) is 9.33. The predicted octanol–water partition coefficient (Wildman–Crippen LogP) is 3.04. The number of carbonyl (C=O) groups excluding carboxylic acids is 1. The summed E-state index contributed by atoms with van der Waals surface area (Å²) in [5.74, 6) is 0.618. The first-order valence-corrected chi connectivity index (χ1v) is 6.88. The van der Waals surface area contributed by atoms with E-state index in [9.17, 15) is 4.79 Å². The molecule has 0 aliphatic carbocycles. The molecule has 0 atom stereocenters. The van der Waals surface area contributed by atoms with Gasteiger partial charge in [-0.25, -0.2) is 4.79 Å². The largest absolute Gasteiger partial charge is 0.486 e. The number of halogens is 1. The average molecular weight is 299 g/mol. The quantitative estimate of drug-likeness (QED) is 0.900. The van der Waals surface area contributed by atoms with Gasteiger partial charge >= 0.3 is 6.09 Å². The fourth-order valence-electron chi connectivity index (χ4n) is 1.62. The van der Waals surface area contributed by atoms with Crippen molar-refractivity contribution in [3.63, 3.8) is 0 Å². The van der Waals surface area contributed by atoms with Gasteiger partial charge in [0.1, 0.15) is 17.5 Å². The molecule has 0 aromatic heterocycles. The standard InChI is InChI=1S/C14H19ClN2O3/c1-14(2,3)20-13(18)17-9-4-5-12(11(15)6-9)19-10-7-16-8-10/h4-6,10,16H,7-8H2,1-3H3,(H,17,18). The topological polar surface area (TPSA) is 59.6 Å². The van der Waals surface area contributed by atoms with E-state index in [1.807, 2.05) is 20.8 Å². The van der Waals surface area contributed by atoms with Gasteiger partial charge in [0, 0.05) is 18.8 Å². The molecule has 1 heterocycles. The lowest BCUT2D eigenvalue weighted by Crippen LogP contribution is -2.50. The van der Waals surface area contributed by atoms with E-state index in [0.29, 0.717) is 16.5 Å². The maximum Gasteiger partial charge on any atom is 0.412 e. The van der Waals surface area contributed by atoms with Crippen LogP contribution in [-0.4, -0.2) is 30.9 Å². The van der Waals surface area contributed by atoms with E-state index in [1.54, 1.807) is 18.2 Å². The Kier molecular flexibility index (Phi) is 4.40. The molecule has 1 fully saturated rings. The van der Waals surface area contributed by atoms with Gasteiger partial charge in [-0.1, -0.05) is 11.6 Å². The SMILES string of the molecule is CC(C)(C)OC(=O)Nc1ccc(OC2CNC2)c(Cl)c1. The van der Waals surface area contributed by atoms with Crippen LogP contribution in [0.5, 0.6) is 5.75 Å². The van der Waals surface area contributed by atoms with Crippen molar-refractivity contribution in [1.29, 1.82) is 0 Å². The number of benzene rings is 1. The smallest absolute Gasteiger partial charge is 0.412 e. The molecular formula is C14H19ClN2O3. The Labute approximate surface area is 123 Å². The van der Waals surface area contributed by atoms with Crippen molar-refractivity contribution in [2.24, 2.45) is 0 Å². The Hall–Kier alpha value is -1.46. The van der Waals surface area contributed by atoms with Crippen LogP contribution in [0.25, 0.3) is 0 Å². The zero-order chi connectivity index (χ0) is 14.8. The van der Waals surface area contributed by atoms with Crippen LogP contribution in [0, 0.1) is 0 Å². The number of carbonyl (C=O) groups is 1. The summed E-state index contributed by atoms with van der Waals surface area (Å²) < 4.78 is 10.9. The highest BCUT2D eigenvalue weighted by molar-refractivity contribution is 6.32. The van der Waals surface area contributed by atoms with Gasteiger partial charge in [0.15, 0.2) is 0 Å². The van der Waals surface area contributed by atoms with E-state index >= 15 is 0 Å². The van der Waals surface area contributed by atoms with E-state index in [-0.39, 0.29) is 6.10 Å². The van der Waals surface area contributed by atoms with Gasteiger partial charge in [-0.15, -0.1) is 0 Å². The first kappa shape index (κ1) is 14.9. The van der Waals surface area contributed by atoms with Crippen LogP contribution in [0.15, 0.2) is 18.2 Å². The summed E-state index contributed by atoms with van der Waals surface area (Å²) in [7, 11) is 0. The highest BCUT2D eigenvalue weighted by Gasteiger charge is 2.20. The third-order valence-corrected chi connectivity index (χ3v) is 2.91. The van der Waals surface area contributed by atoms with Gasteiger partial charge in [-0.05, 0) is 39.0 Å². The molecule has 1 amide bonds. The van der Waals surface area contributed by atoms with Gasteiger partial charge in [-0.2, -0.15) is 0 Å². The minimum atomic E-state index is -0.534. The van der Waals surface area contributed by atoms with E-state index in [1.165, 1.54) is 0 Å². The van der Waals surface area contributed by atoms with Crippen molar-refractivity contribution in [3.05, 3.63) is 23.2 Å². The minimum absolute atomic E-state index is 0.164. The molecule has 0 saturated carbocycles. The number of nitrogens with one attached hydrogen (secondary N) is 2. The third kappa shape index (κ3) is 4.28. The molecule has 2 rings (SSSR count). The zero-order valence-electron chi connectivity index (χ0n) is 11.8. The van der Waals surface area contributed by atoms with E-state index in [0.717, 1.165) is 13.1 Å². The molecule has 1 aromatic rings. The van der Waals surface area contributed by atoms with Gasteiger partial charge in [0.05, 0.1) is 5.02 Å². The summed E-state index contributed by atoms with van der Waals surface area (Å²) in [5, 5.41) is 6.22. The normalized spacial score (nSPS) is 15.4. The third-order valence-electron chi connectivity index (χ3n) is 2.61. The number of amides is 1. The molecule has 110 valence electrons. The van der Waals surface area contributed by atoms with Crippen LogP contribution in [0.2, 0.25) is 5.02 Å². The molecule has 2 N–H and O–H groups in total. The number of hydrogen-bond donors (Lipinski definition) is 2. The van der Waals surface area contributed by atoms with Crippen molar-refractivity contribution in [2.45, 2.75) is 32.5 Å². The van der Waals surface area contributed by atoms with Crippen LogP contribution < -0.4 is 15.4 Å². The van der Waals surface area contributed by atoms with Gasteiger partial charge in [0.25, 0.3) is 0 Å². The number of rotatable bonds is 3. The molecule has 0 bridgehead atoms. The highest BCUT2D eigenvalue weighted by Crippen LogP contribution is 2.29. The Morgan fingerprint density at radius 3 is 2.60 bits per heavy atom. The summed E-state index contributed by atoms with van der Waals surface area (Å²) in [6.45, 7) is 7.08. The van der Waals surface area contributed by atoms with Crippen molar-refractivity contribution < 1.29 is 14.3 Å². The second-order valence-electron chi connectivity index (χ2n) is 5.67. The Bertz CT molecular complexity index is 496. The Morgan fingerprint density at radius 1 is 1.40 bits per heavy atom. The van der Waals surface area contributed by atoms with Crippen molar-refractivity contribution >= 4 is 23.4 Å². The number of ether oxygens (including phenoxy) is 2. The molecule has 0 radical (unpaired) electrons. The summed E-state index contributed by atoms with van der Waals surface area (Å²) in [6.07, 6.45) is -0.345. The second kappa shape index (κ2) is 5.89. The van der Waals surface area contributed by atoms with Crippen LogP contribution in [0.3, 0.4) is 0 Å². The first-order valence-electron chi connectivity index (χ1n) is 6.50. The van der Waals surface area contributed by atoms with Gasteiger partial charge in [0.2, 0.25) is 0 Å². The summed E-state index contributed by atoms with van der Waals surface area (Å²) in [4.78, 5) is 11.6. The molecule has 1 saturated heterocycles. The van der Waals surface area contributed by atoms with Crippen LogP contribution in [-0.2, 0) is 4.74 Å². The molecular weight excluding hydrogens is 280 g/mol. The summed E-state index contributed by atoms with van der Waals surface area (Å²) in [6, 6.07) is 5.12. The fraction of sp³-hybridized carbons (Fsp3) is 0.500. The monoisotopic (exact) mass is 298 g/mol. The number of hydrogen-bond acceptors (Lipinski definition) is 4.